The van der Waals surface area contributed by atoms with Gasteiger partial charge >= 0.3 is 5.97 Å². The highest BCUT2D eigenvalue weighted by atomic mass is 16.5. The molecule has 0 aliphatic carbocycles. The summed E-state index contributed by atoms with van der Waals surface area (Å²) in [6.45, 7) is 1.50. The number of anilines is 1. The van der Waals surface area contributed by atoms with Crippen LogP contribution in [0.15, 0.2) is 60.8 Å². The van der Waals surface area contributed by atoms with Gasteiger partial charge in [-0.25, -0.2) is 9.48 Å². The third-order valence-corrected chi connectivity index (χ3v) is 3.75. The van der Waals surface area contributed by atoms with E-state index in [4.69, 9.17) is 9.47 Å². The van der Waals surface area contributed by atoms with Crippen molar-refractivity contribution in [2.45, 2.75) is 6.92 Å². The van der Waals surface area contributed by atoms with Crippen LogP contribution in [0.1, 0.15) is 16.1 Å². The van der Waals surface area contributed by atoms with Gasteiger partial charge in [-0.1, -0.05) is 30.3 Å². The number of benzene rings is 2. The fourth-order valence-electron chi connectivity index (χ4n) is 2.48. The van der Waals surface area contributed by atoms with Gasteiger partial charge in [-0.05, 0) is 36.8 Å². The number of esters is 1. The molecule has 0 aliphatic rings. The SMILES string of the molecule is COc1cn(-c2ccccc2)nc1C(=O)OCC(=O)Nc1cccc(C)c1. The summed E-state index contributed by atoms with van der Waals surface area (Å²) in [6.07, 6.45) is 1.58. The first kappa shape index (κ1) is 18.2. The van der Waals surface area contributed by atoms with Crippen LogP contribution < -0.4 is 10.1 Å². The quantitative estimate of drug-likeness (QED) is 0.679. The highest BCUT2D eigenvalue weighted by molar-refractivity contribution is 5.95. The van der Waals surface area contributed by atoms with Crippen molar-refractivity contribution >= 4 is 17.6 Å². The Labute approximate surface area is 156 Å². The van der Waals surface area contributed by atoms with Gasteiger partial charge in [0.1, 0.15) is 0 Å². The monoisotopic (exact) mass is 365 g/mol. The maximum atomic E-state index is 12.3. The number of amides is 1. The van der Waals surface area contributed by atoms with Crippen molar-refractivity contribution in [2.24, 2.45) is 0 Å². The minimum absolute atomic E-state index is 0.00436. The zero-order chi connectivity index (χ0) is 19.2. The summed E-state index contributed by atoms with van der Waals surface area (Å²) in [7, 11) is 1.44. The van der Waals surface area contributed by atoms with Crippen LogP contribution in [0.2, 0.25) is 0 Å². The van der Waals surface area contributed by atoms with Crippen molar-refractivity contribution in [1.82, 2.24) is 9.78 Å². The average molecular weight is 365 g/mol. The molecule has 2 aromatic carbocycles. The third-order valence-electron chi connectivity index (χ3n) is 3.75. The Morgan fingerprint density at radius 2 is 1.89 bits per heavy atom. The zero-order valence-electron chi connectivity index (χ0n) is 15.0. The first-order chi connectivity index (χ1) is 13.1. The molecule has 138 valence electrons. The second-order valence-corrected chi connectivity index (χ2v) is 5.82. The van der Waals surface area contributed by atoms with Crippen LogP contribution >= 0.6 is 0 Å². The summed E-state index contributed by atoms with van der Waals surface area (Å²) in [5.74, 6) is -0.903. The average Bonchev–Trinajstić information content (AvgIpc) is 3.11. The van der Waals surface area contributed by atoms with E-state index >= 15 is 0 Å². The van der Waals surface area contributed by atoms with Gasteiger partial charge in [0.05, 0.1) is 19.0 Å². The number of methoxy groups -OCH3 is 1. The number of ether oxygens (including phenoxy) is 2. The van der Waals surface area contributed by atoms with Gasteiger partial charge in [-0.15, -0.1) is 0 Å². The lowest BCUT2D eigenvalue weighted by Crippen LogP contribution is -2.21. The molecule has 0 unspecified atom stereocenters. The number of carbonyl (C=O) groups is 2. The number of para-hydroxylation sites is 1. The van der Waals surface area contributed by atoms with E-state index in [1.807, 2.05) is 55.5 Å². The molecule has 0 spiro atoms. The Bertz CT molecular complexity index is 951. The third kappa shape index (κ3) is 4.52. The Kier molecular flexibility index (Phi) is 5.51. The molecule has 0 atom stereocenters. The number of aromatic nitrogens is 2. The number of hydrogen-bond donors (Lipinski definition) is 1. The van der Waals surface area contributed by atoms with Gasteiger partial charge in [-0.2, -0.15) is 5.10 Å². The van der Waals surface area contributed by atoms with Crippen LogP contribution in [0.3, 0.4) is 0 Å². The van der Waals surface area contributed by atoms with Crippen molar-refractivity contribution in [1.29, 1.82) is 0 Å². The topological polar surface area (TPSA) is 82.5 Å². The number of nitrogens with zero attached hydrogens (tertiary/aromatic N) is 2. The summed E-state index contributed by atoms with van der Waals surface area (Å²) < 4.78 is 11.8. The molecular formula is C20H19N3O4. The van der Waals surface area contributed by atoms with Crippen LogP contribution in [0, 0.1) is 6.92 Å². The van der Waals surface area contributed by atoms with E-state index in [2.05, 4.69) is 10.4 Å². The van der Waals surface area contributed by atoms with E-state index in [9.17, 15) is 9.59 Å². The van der Waals surface area contributed by atoms with E-state index in [0.29, 0.717) is 5.69 Å². The van der Waals surface area contributed by atoms with Crippen LogP contribution in [0.5, 0.6) is 5.75 Å². The molecule has 7 nitrogen and oxygen atoms in total. The summed E-state index contributed by atoms with van der Waals surface area (Å²) >= 11 is 0. The Hall–Kier alpha value is -3.61. The van der Waals surface area contributed by atoms with Crippen molar-refractivity contribution in [3.8, 4) is 11.4 Å². The molecule has 27 heavy (non-hydrogen) atoms. The van der Waals surface area contributed by atoms with Gasteiger partial charge in [0.2, 0.25) is 5.69 Å². The number of carbonyl (C=O) groups excluding carboxylic acids is 2. The smallest absolute Gasteiger partial charge is 0.363 e. The first-order valence-corrected chi connectivity index (χ1v) is 8.29. The Balaban J connectivity index is 1.65. The van der Waals surface area contributed by atoms with Crippen LogP contribution in [-0.2, 0) is 9.53 Å². The largest absolute Gasteiger partial charge is 0.493 e. The molecule has 0 radical (unpaired) electrons. The summed E-state index contributed by atoms with van der Waals surface area (Å²) in [5.41, 5.74) is 2.43. The second kappa shape index (κ2) is 8.18. The maximum absolute atomic E-state index is 12.3. The molecule has 0 aliphatic heterocycles. The van der Waals surface area contributed by atoms with Gasteiger partial charge in [0.25, 0.3) is 5.91 Å². The standard InChI is InChI=1S/C20H19N3O4/c1-14-7-6-8-15(11-14)21-18(24)13-27-20(25)19-17(26-2)12-23(22-19)16-9-4-3-5-10-16/h3-12H,13H2,1-2H3,(H,21,24). The van der Waals surface area contributed by atoms with E-state index < -0.39 is 18.5 Å². The molecule has 0 fully saturated rings. The van der Waals surface area contributed by atoms with Gasteiger partial charge in [0.15, 0.2) is 12.4 Å². The van der Waals surface area contributed by atoms with E-state index in [1.165, 1.54) is 11.8 Å². The summed E-state index contributed by atoms with van der Waals surface area (Å²) in [5, 5.41) is 6.89. The fraction of sp³-hybridized carbons (Fsp3) is 0.150. The Morgan fingerprint density at radius 1 is 1.11 bits per heavy atom. The van der Waals surface area contributed by atoms with E-state index in [-0.39, 0.29) is 11.4 Å². The summed E-state index contributed by atoms with van der Waals surface area (Å²) in [6, 6.07) is 16.6. The zero-order valence-corrected chi connectivity index (χ0v) is 15.0. The van der Waals surface area contributed by atoms with E-state index in [0.717, 1.165) is 11.3 Å². The van der Waals surface area contributed by atoms with Gasteiger partial charge in [-0.3, -0.25) is 4.79 Å². The molecule has 3 rings (SSSR count). The van der Waals surface area contributed by atoms with Crippen LogP contribution in [0.4, 0.5) is 5.69 Å². The van der Waals surface area contributed by atoms with Crippen molar-refractivity contribution < 1.29 is 19.1 Å². The summed E-state index contributed by atoms with van der Waals surface area (Å²) in [4.78, 5) is 24.3. The minimum atomic E-state index is -0.735. The lowest BCUT2D eigenvalue weighted by molar-refractivity contribution is -0.119. The Morgan fingerprint density at radius 3 is 2.59 bits per heavy atom. The predicted octanol–water partition coefficient (Wildman–Crippen LogP) is 2.98. The molecule has 1 aromatic heterocycles. The van der Waals surface area contributed by atoms with Crippen LogP contribution in [-0.4, -0.2) is 35.4 Å². The lowest BCUT2D eigenvalue weighted by atomic mass is 10.2. The first-order valence-electron chi connectivity index (χ1n) is 8.29. The predicted molar refractivity (Wildman–Crippen MR) is 100 cm³/mol. The molecule has 7 heteroatoms. The molecule has 0 saturated heterocycles. The van der Waals surface area contributed by atoms with Gasteiger partial charge in [0, 0.05) is 5.69 Å². The fourth-order valence-corrected chi connectivity index (χ4v) is 2.48. The minimum Gasteiger partial charge on any atom is -0.493 e. The molecule has 0 saturated carbocycles. The molecule has 1 N–H and O–H groups in total. The van der Waals surface area contributed by atoms with Crippen molar-refractivity contribution in [3.05, 3.63) is 72.1 Å². The van der Waals surface area contributed by atoms with Crippen LogP contribution in [0.25, 0.3) is 5.69 Å². The maximum Gasteiger partial charge on any atom is 0.363 e. The number of hydrogen-bond acceptors (Lipinski definition) is 5. The van der Waals surface area contributed by atoms with Crippen molar-refractivity contribution in [3.63, 3.8) is 0 Å². The lowest BCUT2D eigenvalue weighted by Gasteiger charge is -2.07. The number of aryl methyl sites for hydroxylation is 1. The van der Waals surface area contributed by atoms with Crippen molar-refractivity contribution in [2.75, 3.05) is 19.0 Å². The molecule has 1 amide bonds. The molecule has 0 bridgehead atoms. The van der Waals surface area contributed by atoms with E-state index in [1.54, 1.807) is 12.3 Å². The molecular weight excluding hydrogens is 346 g/mol. The normalized spacial score (nSPS) is 10.3. The van der Waals surface area contributed by atoms with Gasteiger partial charge < -0.3 is 14.8 Å². The second-order valence-electron chi connectivity index (χ2n) is 5.82. The number of nitrogens with one attached hydrogen (secondary N) is 1. The number of rotatable bonds is 6. The molecule has 1 heterocycles. The highest BCUT2D eigenvalue weighted by Gasteiger charge is 2.21. The molecule has 3 aromatic rings. The highest BCUT2D eigenvalue weighted by Crippen LogP contribution is 2.20.